The smallest absolute Gasteiger partial charge is 0.224 e. The van der Waals surface area contributed by atoms with Crippen molar-refractivity contribution in [3.05, 3.63) is 34.8 Å². The Hall–Kier alpha value is -1.56. The van der Waals surface area contributed by atoms with Gasteiger partial charge in [0.1, 0.15) is 11.6 Å². The standard InChI is InChI=1S/C11H13BrN4O/c1-13-11-14-6-9(12)10(15-11)16(2)7-8-4-3-5-17-8/h3-6H,7H2,1-2H3,(H,13,14,15). The third-order valence-corrected chi connectivity index (χ3v) is 2.84. The monoisotopic (exact) mass is 296 g/mol. The van der Waals surface area contributed by atoms with E-state index in [-0.39, 0.29) is 0 Å². The molecule has 0 aliphatic carbocycles. The zero-order valence-corrected chi connectivity index (χ0v) is 11.2. The van der Waals surface area contributed by atoms with E-state index < -0.39 is 0 Å². The zero-order valence-electron chi connectivity index (χ0n) is 9.64. The topological polar surface area (TPSA) is 54.2 Å². The lowest BCUT2D eigenvalue weighted by Gasteiger charge is -2.18. The summed E-state index contributed by atoms with van der Waals surface area (Å²) in [5, 5.41) is 2.92. The van der Waals surface area contributed by atoms with E-state index in [0.29, 0.717) is 12.5 Å². The number of furan rings is 1. The van der Waals surface area contributed by atoms with Crippen molar-refractivity contribution in [2.24, 2.45) is 0 Å². The van der Waals surface area contributed by atoms with Gasteiger partial charge >= 0.3 is 0 Å². The molecule has 2 aromatic rings. The molecule has 5 nitrogen and oxygen atoms in total. The first-order valence-electron chi connectivity index (χ1n) is 5.14. The molecule has 0 saturated heterocycles. The number of nitrogens with zero attached hydrogens (tertiary/aromatic N) is 3. The first-order valence-corrected chi connectivity index (χ1v) is 5.94. The SMILES string of the molecule is CNc1ncc(Br)c(N(C)Cc2ccco2)n1. The van der Waals surface area contributed by atoms with Crippen LogP contribution < -0.4 is 10.2 Å². The molecule has 2 aromatic heterocycles. The fourth-order valence-corrected chi connectivity index (χ4v) is 1.95. The molecule has 2 heterocycles. The fourth-order valence-electron chi connectivity index (χ4n) is 1.46. The van der Waals surface area contributed by atoms with Gasteiger partial charge < -0.3 is 14.6 Å². The summed E-state index contributed by atoms with van der Waals surface area (Å²) < 4.78 is 6.16. The summed E-state index contributed by atoms with van der Waals surface area (Å²) in [4.78, 5) is 10.5. The van der Waals surface area contributed by atoms with Crippen LogP contribution in [0.4, 0.5) is 11.8 Å². The van der Waals surface area contributed by atoms with Crippen LogP contribution in [0.5, 0.6) is 0 Å². The molecule has 6 heteroatoms. The van der Waals surface area contributed by atoms with Crippen molar-refractivity contribution in [2.75, 3.05) is 24.3 Å². The highest BCUT2D eigenvalue weighted by Gasteiger charge is 2.11. The number of anilines is 2. The van der Waals surface area contributed by atoms with Gasteiger partial charge in [-0.05, 0) is 28.1 Å². The second kappa shape index (κ2) is 5.18. The Labute approximate surface area is 108 Å². The van der Waals surface area contributed by atoms with Crippen LogP contribution >= 0.6 is 15.9 Å². The van der Waals surface area contributed by atoms with Crippen LogP contribution in [0.1, 0.15) is 5.76 Å². The lowest BCUT2D eigenvalue weighted by atomic mass is 10.4. The van der Waals surface area contributed by atoms with Crippen molar-refractivity contribution in [3.63, 3.8) is 0 Å². The molecular formula is C11H13BrN4O. The number of hydrogen-bond acceptors (Lipinski definition) is 5. The zero-order chi connectivity index (χ0) is 12.3. The molecule has 0 fully saturated rings. The molecule has 17 heavy (non-hydrogen) atoms. The summed E-state index contributed by atoms with van der Waals surface area (Å²) >= 11 is 3.44. The summed E-state index contributed by atoms with van der Waals surface area (Å²) in [6, 6.07) is 3.81. The predicted molar refractivity (Wildman–Crippen MR) is 70.1 cm³/mol. The maximum absolute atomic E-state index is 5.31. The maximum atomic E-state index is 5.31. The van der Waals surface area contributed by atoms with Crippen LogP contribution in [-0.4, -0.2) is 24.1 Å². The van der Waals surface area contributed by atoms with Crippen molar-refractivity contribution in [2.45, 2.75) is 6.54 Å². The second-order valence-electron chi connectivity index (χ2n) is 3.55. The number of halogens is 1. The maximum Gasteiger partial charge on any atom is 0.224 e. The van der Waals surface area contributed by atoms with Gasteiger partial charge in [-0.1, -0.05) is 0 Å². The Kier molecular flexibility index (Phi) is 3.63. The summed E-state index contributed by atoms with van der Waals surface area (Å²) in [6.45, 7) is 0.658. The van der Waals surface area contributed by atoms with Crippen LogP contribution in [0, 0.1) is 0 Å². The van der Waals surface area contributed by atoms with Crippen molar-refractivity contribution in [1.82, 2.24) is 9.97 Å². The van der Waals surface area contributed by atoms with Gasteiger partial charge in [-0.25, -0.2) is 4.98 Å². The van der Waals surface area contributed by atoms with E-state index >= 15 is 0 Å². The van der Waals surface area contributed by atoms with Crippen molar-refractivity contribution < 1.29 is 4.42 Å². The van der Waals surface area contributed by atoms with Crippen LogP contribution in [0.3, 0.4) is 0 Å². The van der Waals surface area contributed by atoms with Crippen LogP contribution in [-0.2, 0) is 6.54 Å². The molecular weight excluding hydrogens is 284 g/mol. The van der Waals surface area contributed by atoms with Gasteiger partial charge in [-0.3, -0.25) is 0 Å². The minimum absolute atomic E-state index is 0.592. The number of aromatic nitrogens is 2. The highest BCUT2D eigenvalue weighted by molar-refractivity contribution is 9.10. The molecule has 1 N–H and O–H groups in total. The number of hydrogen-bond donors (Lipinski definition) is 1. The Morgan fingerprint density at radius 1 is 1.53 bits per heavy atom. The van der Waals surface area contributed by atoms with Crippen LogP contribution in [0.2, 0.25) is 0 Å². The fraction of sp³-hybridized carbons (Fsp3) is 0.273. The van der Waals surface area contributed by atoms with Crippen molar-refractivity contribution in [1.29, 1.82) is 0 Å². The molecule has 0 amide bonds. The molecule has 90 valence electrons. The van der Waals surface area contributed by atoms with Gasteiger partial charge in [-0.15, -0.1) is 0 Å². The van der Waals surface area contributed by atoms with Gasteiger partial charge in [0.05, 0.1) is 17.3 Å². The minimum atomic E-state index is 0.592. The highest BCUT2D eigenvalue weighted by atomic mass is 79.9. The van der Waals surface area contributed by atoms with Crippen LogP contribution in [0.25, 0.3) is 0 Å². The summed E-state index contributed by atoms with van der Waals surface area (Å²) in [6.07, 6.45) is 3.39. The van der Waals surface area contributed by atoms with Gasteiger partial charge in [0.25, 0.3) is 0 Å². The lowest BCUT2D eigenvalue weighted by molar-refractivity contribution is 0.507. The largest absolute Gasteiger partial charge is 0.467 e. The Bertz CT molecular complexity index is 486. The first kappa shape index (κ1) is 11.9. The summed E-state index contributed by atoms with van der Waals surface area (Å²) in [5.41, 5.74) is 0. The van der Waals surface area contributed by atoms with Gasteiger partial charge in [0, 0.05) is 20.3 Å². The molecule has 0 aliphatic rings. The van der Waals surface area contributed by atoms with Gasteiger partial charge in [-0.2, -0.15) is 4.98 Å². The Morgan fingerprint density at radius 3 is 3.00 bits per heavy atom. The van der Waals surface area contributed by atoms with E-state index in [1.807, 2.05) is 24.1 Å². The number of rotatable bonds is 4. The lowest BCUT2D eigenvalue weighted by Crippen LogP contribution is -2.18. The van der Waals surface area contributed by atoms with E-state index in [1.165, 1.54) is 0 Å². The average Bonchev–Trinajstić information content (AvgIpc) is 2.82. The van der Waals surface area contributed by atoms with E-state index in [9.17, 15) is 0 Å². The van der Waals surface area contributed by atoms with Crippen molar-refractivity contribution in [3.8, 4) is 0 Å². The molecule has 0 unspecified atom stereocenters. The van der Waals surface area contributed by atoms with Gasteiger partial charge in [0.15, 0.2) is 0 Å². The number of nitrogens with one attached hydrogen (secondary N) is 1. The second-order valence-corrected chi connectivity index (χ2v) is 4.40. The predicted octanol–water partition coefficient (Wildman–Crippen LogP) is 2.51. The van der Waals surface area contributed by atoms with E-state index in [1.54, 1.807) is 19.5 Å². The molecule has 0 spiro atoms. The quantitative estimate of drug-likeness (QED) is 0.939. The third kappa shape index (κ3) is 2.76. The molecule has 0 saturated carbocycles. The van der Waals surface area contributed by atoms with Crippen molar-refractivity contribution >= 4 is 27.7 Å². The van der Waals surface area contributed by atoms with E-state index in [2.05, 4.69) is 31.2 Å². The molecule has 0 atom stereocenters. The normalized spacial score (nSPS) is 10.3. The van der Waals surface area contributed by atoms with E-state index in [0.717, 1.165) is 16.1 Å². The molecule has 2 rings (SSSR count). The Balaban J connectivity index is 2.20. The Morgan fingerprint density at radius 2 is 2.35 bits per heavy atom. The summed E-state index contributed by atoms with van der Waals surface area (Å²) in [5.74, 6) is 2.30. The molecule has 0 aliphatic heterocycles. The van der Waals surface area contributed by atoms with Crippen LogP contribution in [0.15, 0.2) is 33.5 Å². The molecule has 0 bridgehead atoms. The first-order chi connectivity index (χ1) is 8.20. The highest BCUT2D eigenvalue weighted by Crippen LogP contribution is 2.24. The molecule has 0 radical (unpaired) electrons. The average molecular weight is 297 g/mol. The summed E-state index contributed by atoms with van der Waals surface area (Å²) in [7, 11) is 3.74. The van der Waals surface area contributed by atoms with Gasteiger partial charge in [0.2, 0.25) is 5.95 Å². The molecule has 0 aromatic carbocycles. The minimum Gasteiger partial charge on any atom is -0.467 e. The van der Waals surface area contributed by atoms with E-state index in [4.69, 9.17) is 4.42 Å². The third-order valence-electron chi connectivity index (χ3n) is 2.28.